The molecular formula is C23H33N3O4S. The lowest BCUT2D eigenvalue weighted by molar-refractivity contribution is -0.145. The summed E-state index contributed by atoms with van der Waals surface area (Å²) in [6, 6.07) is 10.3. The highest BCUT2D eigenvalue weighted by molar-refractivity contribution is 7.90. The van der Waals surface area contributed by atoms with Crippen LogP contribution in [-0.4, -0.2) is 54.3 Å². The van der Waals surface area contributed by atoms with Gasteiger partial charge in [-0.25, -0.2) is 13.4 Å². The summed E-state index contributed by atoms with van der Waals surface area (Å²) in [6.07, 6.45) is 8.05. The summed E-state index contributed by atoms with van der Waals surface area (Å²) in [7, 11) is -3.43. The fraction of sp³-hybridized carbons (Fsp3) is 0.565. The topological polar surface area (TPSA) is 81.5 Å². The lowest BCUT2D eigenvalue weighted by atomic mass is 9.99. The number of aromatic nitrogens is 2. The molecule has 0 radical (unpaired) electrons. The zero-order valence-electron chi connectivity index (χ0n) is 18.5. The quantitative estimate of drug-likeness (QED) is 0.520. The number of carbonyl (C=O) groups is 1. The highest BCUT2D eigenvalue weighted by Crippen LogP contribution is 2.24. The largest absolute Gasteiger partial charge is 0.466 e. The number of ether oxygens (including phenoxy) is 1. The van der Waals surface area contributed by atoms with Gasteiger partial charge >= 0.3 is 5.97 Å². The minimum atomic E-state index is -3.43. The molecule has 1 saturated heterocycles. The van der Waals surface area contributed by atoms with Crippen molar-refractivity contribution in [3.05, 3.63) is 47.8 Å². The number of hydrogen-bond donors (Lipinski definition) is 0. The lowest BCUT2D eigenvalue weighted by Gasteiger charge is -2.35. The molecule has 0 amide bonds. The molecule has 1 atom stereocenters. The highest BCUT2D eigenvalue weighted by atomic mass is 32.2. The Morgan fingerprint density at radius 1 is 1.23 bits per heavy atom. The zero-order chi connectivity index (χ0) is 22.3. The van der Waals surface area contributed by atoms with Gasteiger partial charge in [-0.2, -0.15) is 0 Å². The third kappa shape index (κ3) is 6.64. The van der Waals surface area contributed by atoms with Crippen LogP contribution in [0.4, 0.5) is 0 Å². The Labute approximate surface area is 185 Å². The number of hydrogen-bond acceptors (Lipinski definition) is 6. The van der Waals surface area contributed by atoms with Gasteiger partial charge in [-0.3, -0.25) is 9.69 Å². The molecule has 1 fully saturated rings. The molecule has 3 rings (SSSR count). The number of benzene rings is 1. The van der Waals surface area contributed by atoms with Crippen LogP contribution in [0.15, 0.2) is 41.7 Å². The van der Waals surface area contributed by atoms with Gasteiger partial charge in [-0.15, -0.1) is 0 Å². The van der Waals surface area contributed by atoms with Gasteiger partial charge in [0.2, 0.25) is 15.0 Å². The summed E-state index contributed by atoms with van der Waals surface area (Å²) in [6.45, 7) is 4.25. The summed E-state index contributed by atoms with van der Waals surface area (Å²) in [5, 5.41) is 0.120. The summed E-state index contributed by atoms with van der Waals surface area (Å²) < 4.78 is 31.6. The van der Waals surface area contributed by atoms with E-state index in [2.05, 4.69) is 22.0 Å². The maximum Gasteiger partial charge on any atom is 0.307 e. The van der Waals surface area contributed by atoms with Crippen LogP contribution in [0.1, 0.15) is 50.3 Å². The van der Waals surface area contributed by atoms with E-state index in [1.54, 1.807) is 6.20 Å². The van der Waals surface area contributed by atoms with Crippen molar-refractivity contribution in [2.45, 2.75) is 69.7 Å². The van der Waals surface area contributed by atoms with Gasteiger partial charge in [0.15, 0.2) is 0 Å². The molecule has 8 heteroatoms. The van der Waals surface area contributed by atoms with E-state index in [4.69, 9.17) is 4.74 Å². The Kier molecular flexibility index (Phi) is 8.26. The van der Waals surface area contributed by atoms with E-state index in [0.29, 0.717) is 26.1 Å². The van der Waals surface area contributed by atoms with Gasteiger partial charge in [-0.05, 0) is 44.7 Å². The van der Waals surface area contributed by atoms with Gasteiger partial charge in [0, 0.05) is 25.4 Å². The van der Waals surface area contributed by atoms with Crippen molar-refractivity contribution in [1.29, 1.82) is 0 Å². The van der Waals surface area contributed by atoms with Gasteiger partial charge in [0.05, 0.1) is 24.9 Å². The SMILES string of the molecule is CCOC(=O)C[C@@H]1CCCCN1Cc1cnc(S(C)(=O)=O)n1CCCc1ccccc1. The van der Waals surface area contributed by atoms with Gasteiger partial charge in [0.25, 0.3) is 0 Å². The van der Waals surface area contributed by atoms with E-state index in [1.807, 2.05) is 29.7 Å². The van der Waals surface area contributed by atoms with Crippen molar-refractivity contribution in [2.75, 3.05) is 19.4 Å². The fourth-order valence-electron chi connectivity index (χ4n) is 4.26. The molecule has 1 aromatic carbocycles. The number of imidazole rings is 1. The number of rotatable bonds is 10. The highest BCUT2D eigenvalue weighted by Gasteiger charge is 2.27. The Morgan fingerprint density at radius 3 is 2.71 bits per heavy atom. The second-order valence-electron chi connectivity index (χ2n) is 8.17. The number of esters is 1. The van der Waals surface area contributed by atoms with E-state index in [-0.39, 0.29) is 17.2 Å². The molecule has 1 aliphatic heterocycles. The zero-order valence-corrected chi connectivity index (χ0v) is 19.3. The Balaban J connectivity index is 1.74. The van der Waals surface area contributed by atoms with Gasteiger partial charge in [-0.1, -0.05) is 36.8 Å². The van der Waals surface area contributed by atoms with Crippen LogP contribution in [0.2, 0.25) is 0 Å². The number of sulfone groups is 1. The van der Waals surface area contributed by atoms with Crippen molar-refractivity contribution >= 4 is 15.8 Å². The molecule has 31 heavy (non-hydrogen) atoms. The van der Waals surface area contributed by atoms with Gasteiger partial charge < -0.3 is 9.30 Å². The maximum atomic E-state index is 12.3. The Hall–Kier alpha value is -2.19. The molecule has 0 spiro atoms. The van der Waals surface area contributed by atoms with Gasteiger partial charge in [0.1, 0.15) is 0 Å². The molecule has 0 unspecified atom stereocenters. The third-order valence-electron chi connectivity index (χ3n) is 5.75. The number of aryl methyl sites for hydroxylation is 1. The van der Waals surface area contributed by atoms with Crippen LogP contribution in [-0.2, 0) is 38.9 Å². The van der Waals surface area contributed by atoms with Crippen LogP contribution < -0.4 is 0 Å². The van der Waals surface area contributed by atoms with Crippen molar-refractivity contribution in [3.63, 3.8) is 0 Å². The van der Waals surface area contributed by atoms with Crippen molar-refractivity contribution in [2.24, 2.45) is 0 Å². The molecule has 0 bridgehead atoms. The first-order valence-electron chi connectivity index (χ1n) is 11.1. The Bertz CT molecular complexity index is 956. The summed E-state index contributed by atoms with van der Waals surface area (Å²) in [4.78, 5) is 18.6. The molecule has 0 N–H and O–H groups in total. The first-order chi connectivity index (χ1) is 14.9. The lowest BCUT2D eigenvalue weighted by Crippen LogP contribution is -2.41. The first-order valence-corrected chi connectivity index (χ1v) is 13.0. The molecule has 0 aliphatic carbocycles. The summed E-state index contributed by atoms with van der Waals surface area (Å²) in [5.74, 6) is -0.174. The molecular weight excluding hydrogens is 414 g/mol. The average Bonchev–Trinajstić information content (AvgIpc) is 3.13. The molecule has 1 aliphatic rings. The normalized spacial score (nSPS) is 17.5. The summed E-state index contributed by atoms with van der Waals surface area (Å²) in [5.41, 5.74) is 2.11. The van der Waals surface area contributed by atoms with Crippen molar-refractivity contribution in [1.82, 2.24) is 14.5 Å². The van der Waals surface area contributed by atoms with E-state index in [9.17, 15) is 13.2 Å². The van der Waals surface area contributed by atoms with E-state index < -0.39 is 9.84 Å². The van der Waals surface area contributed by atoms with Crippen LogP contribution in [0.5, 0.6) is 0 Å². The molecule has 170 valence electrons. The predicted octanol–water partition coefficient (Wildman–Crippen LogP) is 3.23. The van der Waals surface area contributed by atoms with E-state index >= 15 is 0 Å². The smallest absolute Gasteiger partial charge is 0.307 e. The predicted molar refractivity (Wildman–Crippen MR) is 119 cm³/mol. The van der Waals surface area contributed by atoms with Crippen LogP contribution in [0.25, 0.3) is 0 Å². The van der Waals surface area contributed by atoms with Crippen molar-refractivity contribution < 1.29 is 17.9 Å². The molecule has 2 aromatic rings. The van der Waals surface area contributed by atoms with Crippen LogP contribution in [0.3, 0.4) is 0 Å². The monoisotopic (exact) mass is 447 g/mol. The van der Waals surface area contributed by atoms with Crippen LogP contribution >= 0.6 is 0 Å². The number of nitrogens with zero attached hydrogens (tertiary/aromatic N) is 3. The van der Waals surface area contributed by atoms with E-state index in [1.165, 1.54) is 11.8 Å². The second kappa shape index (κ2) is 10.9. The van der Waals surface area contributed by atoms with Crippen LogP contribution in [0, 0.1) is 0 Å². The van der Waals surface area contributed by atoms with Crippen molar-refractivity contribution in [3.8, 4) is 0 Å². The first kappa shape index (κ1) is 23.5. The maximum absolute atomic E-state index is 12.3. The standard InChI is InChI=1S/C23H33N3O4S/c1-3-30-22(27)16-20-13-7-8-14-25(20)18-21-17-24-23(31(2,28)29)26(21)15-9-12-19-10-5-4-6-11-19/h4-6,10-11,17,20H,3,7-9,12-16,18H2,1-2H3/t20-/m0/s1. The molecule has 1 aromatic heterocycles. The Morgan fingerprint density at radius 2 is 2.00 bits per heavy atom. The number of piperidine rings is 1. The molecule has 0 saturated carbocycles. The molecule has 2 heterocycles. The second-order valence-corrected chi connectivity index (χ2v) is 10.1. The average molecular weight is 448 g/mol. The fourth-order valence-corrected chi connectivity index (χ4v) is 5.11. The minimum Gasteiger partial charge on any atom is -0.466 e. The molecule has 7 nitrogen and oxygen atoms in total. The third-order valence-corrected chi connectivity index (χ3v) is 6.73. The number of carbonyl (C=O) groups excluding carboxylic acids is 1. The summed E-state index contributed by atoms with van der Waals surface area (Å²) >= 11 is 0. The van der Waals surface area contributed by atoms with E-state index in [0.717, 1.165) is 44.3 Å². The minimum absolute atomic E-state index is 0.113. The number of likely N-dealkylation sites (tertiary alicyclic amines) is 1.